The summed E-state index contributed by atoms with van der Waals surface area (Å²) < 4.78 is 38.7. The monoisotopic (exact) mass is 407 g/mol. The Labute approximate surface area is 164 Å². The van der Waals surface area contributed by atoms with E-state index in [0.717, 1.165) is 4.90 Å². The summed E-state index contributed by atoms with van der Waals surface area (Å²) >= 11 is 0. The SMILES string of the molecule is CC(Nc1ccc2c(c1)OCCn1nc(N3C(=O)OC[C@H]3C(F)F)cc1-2)C(N)=O. The lowest BCUT2D eigenvalue weighted by Crippen LogP contribution is -2.39. The lowest BCUT2D eigenvalue weighted by atomic mass is 10.1. The Morgan fingerprint density at radius 1 is 1.34 bits per heavy atom. The van der Waals surface area contributed by atoms with Gasteiger partial charge in [-0.2, -0.15) is 5.10 Å². The van der Waals surface area contributed by atoms with Crippen LogP contribution in [0.4, 0.5) is 25.1 Å². The second kappa shape index (κ2) is 7.22. The number of nitrogens with one attached hydrogen (secondary N) is 1. The summed E-state index contributed by atoms with van der Waals surface area (Å²) in [5.74, 6) is 0.145. The van der Waals surface area contributed by atoms with Gasteiger partial charge in [-0.15, -0.1) is 0 Å². The van der Waals surface area contributed by atoms with Gasteiger partial charge in [-0.3, -0.25) is 9.48 Å². The second-order valence-electron chi connectivity index (χ2n) is 6.79. The van der Waals surface area contributed by atoms with Gasteiger partial charge in [0.2, 0.25) is 5.91 Å². The molecule has 1 aromatic carbocycles. The van der Waals surface area contributed by atoms with Crippen molar-refractivity contribution in [1.29, 1.82) is 0 Å². The molecule has 0 radical (unpaired) electrons. The molecule has 0 aliphatic carbocycles. The van der Waals surface area contributed by atoms with Crippen LogP contribution < -0.4 is 20.7 Å². The first kappa shape index (κ1) is 19.0. The highest BCUT2D eigenvalue weighted by Crippen LogP contribution is 2.37. The fourth-order valence-electron chi connectivity index (χ4n) is 3.30. The van der Waals surface area contributed by atoms with Crippen LogP contribution >= 0.6 is 0 Å². The van der Waals surface area contributed by atoms with Crippen molar-refractivity contribution in [3.63, 3.8) is 0 Å². The molecule has 9 nitrogen and oxygen atoms in total. The number of rotatable bonds is 5. The van der Waals surface area contributed by atoms with Gasteiger partial charge in [-0.1, -0.05) is 0 Å². The van der Waals surface area contributed by atoms with E-state index in [0.29, 0.717) is 35.8 Å². The smallest absolute Gasteiger partial charge is 0.416 e. The van der Waals surface area contributed by atoms with Crippen LogP contribution in [0.15, 0.2) is 24.3 Å². The predicted octanol–water partition coefficient (Wildman–Crippen LogP) is 1.82. The largest absolute Gasteiger partial charge is 0.491 e. The number of carbonyl (C=O) groups excluding carboxylic acids is 2. The summed E-state index contributed by atoms with van der Waals surface area (Å²) in [6.07, 6.45) is -3.60. The van der Waals surface area contributed by atoms with Crippen LogP contribution in [0.2, 0.25) is 0 Å². The number of fused-ring (bicyclic) bond motifs is 3. The van der Waals surface area contributed by atoms with Gasteiger partial charge >= 0.3 is 6.09 Å². The van der Waals surface area contributed by atoms with E-state index in [1.807, 2.05) is 0 Å². The quantitative estimate of drug-likeness (QED) is 0.782. The minimum absolute atomic E-state index is 0.102. The van der Waals surface area contributed by atoms with Crippen molar-refractivity contribution in [2.75, 3.05) is 23.4 Å². The van der Waals surface area contributed by atoms with Crippen LogP contribution in [-0.4, -0.2) is 53.5 Å². The Morgan fingerprint density at radius 2 is 2.14 bits per heavy atom. The molecule has 1 saturated heterocycles. The third-order valence-electron chi connectivity index (χ3n) is 4.84. The maximum atomic E-state index is 13.3. The van der Waals surface area contributed by atoms with Crippen LogP contribution in [0.3, 0.4) is 0 Å². The maximum Gasteiger partial charge on any atom is 0.416 e. The van der Waals surface area contributed by atoms with E-state index in [9.17, 15) is 18.4 Å². The molecule has 0 spiro atoms. The Balaban J connectivity index is 1.68. The van der Waals surface area contributed by atoms with Gasteiger partial charge in [0.1, 0.15) is 31.0 Å². The van der Waals surface area contributed by atoms with Gasteiger partial charge in [-0.25, -0.2) is 18.5 Å². The number of anilines is 2. The summed E-state index contributed by atoms with van der Waals surface area (Å²) in [4.78, 5) is 24.1. The Morgan fingerprint density at radius 3 is 2.86 bits per heavy atom. The van der Waals surface area contributed by atoms with E-state index in [1.54, 1.807) is 35.9 Å². The number of nitrogens with two attached hydrogens (primary N) is 1. The van der Waals surface area contributed by atoms with E-state index < -0.39 is 30.5 Å². The number of primary amides is 1. The number of carbonyl (C=O) groups is 2. The highest BCUT2D eigenvalue weighted by Gasteiger charge is 2.42. The van der Waals surface area contributed by atoms with Gasteiger partial charge in [0.25, 0.3) is 6.43 Å². The van der Waals surface area contributed by atoms with Crippen molar-refractivity contribution in [3.8, 4) is 17.0 Å². The summed E-state index contributed by atoms with van der Waals surface area (Å²) in [7, 11) is 0. The molecule has 0 bridgehead atoms. The fraction of sp³-hybridized carbons (Fsp3) is 0.389. The molecule has 11 heteroatoms. The number of cyclic esters (lactones) is 1. The molecule has 2 amide bonds. The molecule has 4 rings (SSSR count). The first-order valence-electron chi connectivity index (χ1n) is 9.00. The number of alkyl halides is 2. The minimum Gasteiger partial charge on any atom is -0.491 e. The van der Waals surface area contributed by atoms with Crippen LogP contribution in [-0.2, 0) is 16.1 Å². The minimum atomic E-state index is -2.75. The number of hydrogen-bond donors (Lipinski definition) is 2. The van der Waals surface area contributed by atoms with Crippen LogP contribution in [0.1, 0.15) is 6.92 Å². The molecule has 2 aliphatic rings. The molecule has 29 heavy (non-hydrogen) atoms. The van der Waals surface area contributed by atoms with E-state index in [-0.39, 0.29) is 12.4 Å². The van der Waals surface area contributed by atoms with Crippen molar-refractivity contribution in [2.45, 2.75) is 32.0 Å². The molecule has 0 saturated carbocycles. The van der Waals surface area contributed by atoms with E-state index in [4.69, 9.17) is 15.2 Å². The number of amides is 2. The summed E-state index contributed by atoms with van der Waals surface area (Å²) in [6, 6.07) is 4.86. The molecule has 1 aromatic heterocycles. The number of halogens is 2. The Kier molecular flexibility index (Phi) is 4.73. The molecule has 3 heterocycles. The summed E-state index contributed by atoms with van der Waals surface area (Å²) in [6.45, 7) is 1.92. The van der Waals surface area contributed by atoms with Crippen molar-refractivity contribution >= 4 is 23.5 Å². The molecular weight excluding hydrogens is 388 g/mol. The molecule has 2 atom stereocenters. The van der Waals surface area contributed by atoms with Crippen molar-refractivity contribution in [1.82, 2.24) is 9.78 Å². The summed E-state index contributed by atoms with van der Waals surface area (Å²) in [5, 5.41) is 7.30. The maximum absolute atomic E-state index is 13.3. The average molecular weight is 407 g/mol. The van der Waals surface area contributed by atoms with Crippen LogP contribution in [0.25, 0.3) is 11.3 Å². The molecule has 154 valence electrons. The first-order valence-corrected chi connectivity index (χ1v) is 9.00. The third kappa shape index (κ3) is 3.43. The van der Waals surface area contributed by atoms with E-state index in [1.165, 1.54) is 0 Å². The molecular formula is C18H19F2N5O4. The fourth-order valence-corrected chi connectivity index (χ4v) is 3.30. The van der Waals surface area contributed by atoms with Crippen molar-refractivity contribution in [3.05, 3.63) is 24.3 Å². The second-order valence-corrected chi connectivity index (χ2v) is 6.79. The standard InChI is InChI=1S/C18H19F2N5O4/c1-9(17(21)26)22-10-2-3-11-12-7-15(23-24(12)4-5-28-14(11)6-10)25-13(16(19)20)8-29-18(25)27/h2-3,6-7,9,13,16,22H,4-5,8H2,1H3,(H2,21,26)/t9?,13-/m0/s1. The van der Waals surface area contributed by atoms with Crippen molar-refractivity contribution < 1.29 is 27.8 Å². The number of hydrogen-bond acceptors (Lipinski definition) is 6. The number of benzene rings is 1. The lowest BCUT2D eigenvalue weighted by Gasteiger charge is -2.17. The van der Waals surface area contributed by atoms with Gasteiger partial charge < -0.3 is 20.5 Å². The van der Waals surface area contributed by atoms with E-state index >= 15 is 0 Å². The number of aromatic nitrogens is 2. The Hall–Kier alpha value is -3.37. The van der Waals surface area contributed by atoms with Gasteiger partial charge in [0, 0.05) is 23.4 Å². The summed E-state index contributed by atoms with van der Waals surface area (Å²) in [5.41, 5.74) is 7.22. The van der Waals surface area contributed by atoms with Crippen LogP contribution in [0.5, 0.6) is 5.75 Å². The van der Waals surface area contributed by atoms with E-state index in [2.05, 4.69) is 10.4 Å². The van der Waals surface area contributed by atoms with Gasteiger partial charge in [0.15, 0.2) is 5.82 Å². The number of ether oxygens (including phenoxy) is 2. The first-order chi connectivity index (χ1) is 13.8. The molecule has 3 N–H and O–H groups in total. The van der Waals surface area contributed by atoms with Gasteiger partial charge in [0.05, 0.1) is 12.2 Å². The van der Waals surface area contributed by atoms with Gasteiger partial charge in [-0.05, 0) is 19.1 Å². The zero-order valence-electron chi connectivity index (χ0n) is 15.5. The predicted molar refractivity (Wildman–Crippen MR) is 99.1 cm³/mol. The third-order valence-corrected chi connectivity index (χ3v) is 4.84. The Bertz CT molecular complexity index is 964. The molecule has 2 aromatic rings. The lowest BCUT2D eigenvalue weighted by molar-refractivity contribution is -0.118. The topological polar surface area (TPSA) is 112 Å². The zero-order valence-corrected chi connectivity index (χ0v) is 15.5. The molecule has 1 unspecified atom stereocenters. The molecule has 1 fully saturated rings. The highest BCUT2D eigenvalue weighted by atomic mass is 19.3. The molecule has 2 aliphatic heterocycles. The zero-order chi connectivity index (χ0) is 20.7. The van der Waals surface area contributed by atoms with Crippen LogP contribution in [0, 0.1) is 0 Å². The normalized spacial score (nSPS) is 19.1. The average Bonchev–Trinajstić information content (AvgIpc) is 3.21. The highest BCUT2D eigenvalue weighted by molar-refractivity contribution is 5.90. The van der Waals surface area contributed by atoms with Crippen molar-refractivity contribution in [2.24, 2.45) is 5.73 Å². The number of nitrogens with zero attached hydrogens (tertiary/aromatic N) is 3.